The summed E-state index contributed by atoms with van der Waals surface area (Å²) < 4.78 is 43.7. The summed E-state index contributed by atoms with van der Waals surface area (Å²) in [6, 6.07) is 23.9. The molecule has 0 amide bonds. The van der Waals surface area contributed by atoms with Gasteiger partial charge in [-0.1, -0.05) is 54.6 Å². The van der Waals surface area contributed by atoms with Crippen LogP contribution in [0.4, 0.5) is 17.3 Å². The molecule has 10 heteroatoms. The summed E-state index contributed by atoms with van der Waals surface area (Å²) in [5.41, 5.74) is 1.77. The number of aromatic nitrogens is 3. The van der Waals surface area contributed by atoms with E-state index < -0.39 is 7.25 Å². The molecule has 3 aromatic carbocycles. The molecule has 2 aromatic heterocycles. The molecule has 0 spiro atoms. The van der Waals surface area contributed by atoms with Gasteiger partial charge in [0.15, 0.2) is 0 Å². The fourth-order valence-corrected chi connectivity index (χ4v) is 4.05. The SMILES string of the molecule is Cn1c(=O)c2c3c4ccccc4cccc3n(-c3ccccc3)c2[n+](C)c1=O.F[B-](F)(F)F. The minimum atomic E-state index is -6.00. The molecule has 0 unspecified atom stereocenters. The largest absolute Gasteiger partial charge is 0.673 e. The molecule has 168 valence electrons. The van der Waals surface area contributed by atoms with Crippen LogP contribution in [-0.4, -0.2) is 16.4 Å². The number of fused-ring (bicyclic) bond motifs is 5. The normalized spacial score (nSPS) is 11.6. The zero-order valence-corrected chi connectivity index (χ0v) is 17.7. The Bertz CT molecular complexity index is 1620. The third kappa shape index (κ3) is 3.99. The van der Waals surface area contributed by atoms with Crippen LogP contribution in [0.3, 0.4) is 0 Å². The second-order valence-corrected chi connectivity index (χ2v) is 7.44. The van der Waals surface area contributed by atoms with Crippen molar-refractivity contribution in [2.75, 3.05) is 0 Å². The van der Waals surface area contributed by atoms with Crippen molar-refractivity contribution < 1.29 is 21.8 Å². The third-order valence-corrected chi connectivity index (χ3v) is 5.37. The number of nitrogens with zero attached hydrogens (tertiary/aromatic N) is 3. The van der Waals surface area contributed by atoms with Crippen LogP contribution in [0.25, 0.3) is 38.4 Å². The summed E-state index contributed by atoms with van der Waals surface area (Å²) >= 11 is 0. The van der Waals surface area contributed by atoms with E-state index in [9.17, 15) is 26.9 Å². The maximum Gasteiger partial charge on any atom is 0.673 e. The highest BCUT2D eigenvalue weighted by Crippen LogP contribution is 2.32. The third-order valence-electron chi connectivity index (χ3n) is 5.37. The van der Waals surface area contributed by atoms with E-state index in [1.807, 2.05) is 77.4 Å². The Labute approximate surface area is 184 Å². The van der Waals surface area contributed by atoms with Crippen molar-refractivity contribution in [1.29, 1.82) is 0 Å². The van der Waals surface area contributed by atoms with Crippen molar-refractivity contribution in [2.45, 2.75) is 0 Å². The Balaban J connectivity index is 0.000000471. The van der Waals surface area contributed by atoms with E-state index in [-0.39, 0.29) is 11.2 Å². The Hall–Kier alpha value is -3.95. The topological polar surface area (TPSA) is 47.9 Å². The lowest BCUT2D eigenvalue weighted by molar-refractivity contribution is -0.667. The minimum absolute atomic E-state index is 0.283. The van der Waals surface area contributed by atoms with Crippen LogP contribution in [0.2, 0.25) is 0 Å². The van der Waals surface area contributed by atoms with E-state index >= 15 is 0 Å². The van der Waals surface area contributed by atoms with Crippen molar-refractivity contribution in [3.8, 4) is 5.69 Å². The number of para-hydroxylation sites is 1. The van der Waals surface area contributed by atoms with E-state index in [1.165, 1.54) is 11.6 Å². The summed E-state index contributed by atoms with van der Waals surface area (Å²) in [5.74, 6) is 0. The second-order valence-electron chi connectivity index (χ2n) is 7.44. The first-order valence-electron chi connectivity index (χ1n) is 9.97. The number of halogens is 4. The van der Waals surface area contributed by atoms with Gasteiger partial charge in [-0.25, -0.2) is 14.2 Å². The smallest absolute Gasteiger partial charge is 0.418 e. The highest BCUT2D eigenvalue weighted by molar-refractivity contribution is 6.50. The van der Waals surface area contributed by atoms with Crippen molar-refractivity contribution >= 4 is 40.0 Å². The molecule has 5 rings (SSSR count). The van der Waals surface area contributed by atoms with Gasteiger partial charge in [-0.05, 0) is 29.0 Å². The van der Waals surface area contributed by atoms with Gasteiger partial charge >= 0.3 is 18.5 Å². The van der Waals surface area contributed by atoms with Crippen LogP contribution in [0.15, 0.2) is 82.4 Å². The fraction of sp³-hybridized carbons (Fsp3) is 0.0870. The van der Waals surface area contributed by atoms with E-state index in [0.29, 0.717) is 11.0 Å². The maximum atomic E-state index is 13.2. The number of rotatable bonds is 1. The molecule has 0 aliphatic carbocycles. The molecule has 2 heterocycles. The fourth-order valence-electron chi connectivity index (χ4n) is 4.05. The Morgan fingerprint density at radius 3 is 2.03 bits per heavy atom. The average Bonchev–Trinajstić information content (AvgIpc) is 2.99. The van der Waals surface area contributed by atoms with Crippen LogP contribution in [-0.2, 0) is 14.1 Å². The first-order chi connectivity index (χ1) is 15.6. The minimum Gasteiger partial charge on any atom is -0.418 e. The molecule has 0 radical (unpaired) electrons. The molecule has 5 nitrogen and oxygen atoms in total. The van der Waals surface area contributed by atoms with Gasteiger partial charge in [0.25, 0.3) is 5.65 Å². The summed E-state index contributed by atoms with van der Waals surface area (Å²) in [7, 11) is -2.76. The Kier molecular flexibility index (Phi) is 5.53. The highest BCUT2D eigenvalue weighted by atomic mass is 19.5. The van der Waals surface area contributed by atoms with Gasteiger partial charge in [0.05, 0.1) is 14.1 Å². The lowest BCUT2D eigenvalue weighted by atomic mass is 10.1. The molecular weight excluding hydrogens is 437 g/mol. The predicted molar refractivity (Wildman–Crippen MR) is 121 cm³/mol. The number of hydrogen-bond acceptors (Lipinski definition) is 2. The maximum absolute atomic E-state index is 13.2. The van der Waals surface area contributed by atoms with E-state index in [4.69, 9.17) is 0 Å². The van der Waals surface area contributed by atoms with Crippen molar-refractivity contribution in [3.05, 3.63) is 93.6 Å². The van der Waals surface area contributed by atoms with Crippen LogP contribution < -0.4 is 15.8 Å². The molecule has 0 aliphatic rings. The van der Waals surface area contributed by atoms with Crippen LogP contribution >= 0.6 is 0 Å². The standard InChI is InChI=1S/C23H18N3O2.BF4/c1-24-21-20(22(27)25(2)23(24)28)19-17-13-7-6-9-15(17)10-8-14-18(19)26(21)16-11-4-3-5-12-16;2-1(3,4)5/h3-14H,1-2H3;/q+1;-1. The first kappa shape index (κ1) is 22.3. The molecule has 0 atom stereocenters. The molecule has 5 aromatic rings. The summed E-state index contributed by atoms with van der Waals surface area (Å²) in [6.45, 7) is 0. The van der Waals surface area contributed by atoms with Crippen molar-refractivity contribution in [1.82, 2.24) is 9.13 Å². The zero-order chi connectivity index (χ0) is 23.9. The quantitative estimate of drug-likeness (QED) is 0.217. The predicted octanol–water partition coefficient (Wildman–Crippen LogP) is 4.12. The van der Waals surface area contributed by atoms with Gasteiger partial charge in [-0.15, -0.1) is 0 Å². The lowest BCUT2D eigenvalue weighted by Gasteiger charge is -2.03. The summed E-state index contributed by atoms with van der Waals surface area (Å²) in [6.07, 6.45) is 0. The summed E-state index contributed by atoms with van der Waals surface area (Å²) in [4.78, 5) is 25.9. The molecule has 0 aliphatic heterocycles. The molecule has 0 N–H and O–H groups in total. The number of aryl methyl sites for hydroxylation is 1. The van der Waals surface area contributed by atoms with Gasteiger partial charge in [0.2, 0.25) is 0 Å². The van der Waals surface area contributed by atoms with E-state index in [1.54, 1.807) is 11.6 Å². The molecule has 0 bridgehead atoms. The summed E-state index contributed by atoms with van der Waals surface area (Å²) in [5, 5.41) is 3.44. The van der Waals surface area contributed by atoms with Gasteiger partial charge < -0.3 is 17.3 Å². The van der Waals surface area contributed by atoms with E-state index in [0.717, 1.165) is 27.4 Å². The van der Waals surface area contributed by atoms with Gasteiger partial charge in [0.1, 0.15) is 16.6 Å². The van der Waals surface area contributed by atoms with Crippen LogP contribution in [0.5, 0.6) is 0 Å². The number of hydrogen-bond donors (Lipinski definition) is 0. The van der Waals surface area contributed by atoms with Crippen molar-refractivity contribution in [3.63, 3.8) is 0 Å². The lowest BCUT2D eigenvalue weighted by Crippen LogP contribution is -2.55. The van der Waals surface area contributed by atoms with Gasteiger partial charge in [-0.3, -0.25) is 0 Å². The van der Waals surface area contributed by atoms with Crippen LogP contribution in [0, 0.1) is 0 Å². The average molecular weight is 455 g/mol. The monoisotopic (exact) mass is 455 g/mol. The van der Waals surface area contributed by atoms with Gasteiger partial charge in [0, 0.05) is 5.39 Å². The van der Waals surface area contributed by atoms with Crippen molar-refractivity contribution in [2.24, 2.45) is 14.1 Å². The second kappa shape index (κ2) is 8.20. The molecule has 0 saturated heterocycles. The van der Waals surface area contributed by atoms with Crippen LogP contribution in [0.1, 0.15) is 0 Å². The molecule has 33 heavy (non-hydrogen) atoms. The van der Waals surface area contributed by atoms with E-state index in [2.05, 4.69) is 0 Å². The molecule has 0 fully saturated rings. The van der Waals surface area contributed by atoms with Gasteiger partial charge in [-0.2, -0.15) is 9.13 Å². The highest BCUT2D eigenvalue weighted by Gasteiger charge is 2.27. The first-order valence-corrected chi connectivity index (χ1v) is 9.97. The Morgan fingerprint density at radius 1 is 0.788 bits per heavy atom. The molecule has 0 saturated carbocycles. The molecular formula is C23H18BF4N3O2. The Morgan fingerprint density at radius 2 is 1.36 bits per heavy atom. The zero-order valence-electron chi connectivity index (χ0n) is 17.7. The number of benzene rings is 2.